The molecule has 1 atom stereocenters. The van der Waals surface area contributed by atoms with Crippen LogP contribution in [-0.4, -0.2) is 47.2 Å². The van der Waals surface area contributed by atoms with Gasteiger partial charge < -0.3 is 20.8 Å². The molecule has 2 amide bonds. The highest BCUT2D eigenvalue weighted by Crippen LogP contribution is 1.90. The van der Waals surface area contributed by atoms with E-state index < -0.39 is 17.9 Å². The quantitative estimate of drug-likeness (QED) is 0.414. The van der Waals surface area contributed by atoms with Crippen molar-refractivity contribution in [1.29, 1.82) is 0 Å². The van der Waals surface area contributed by atoms with E-state index in [0.29, 0.717) is 0 Å². The number of aliphatic hydroxyl groups is 1. The summed E-state index contributed by atoms with van der Waals surface area (Å²) in [6.07, 6.45) is -0.0683. The highest BCUT2D eigenvalue weighted by molar-refractivity contribution is 5.87. The van der Waals surface area contributed by atoms with Gasteiger partial charge in [-0.1, -0.05) is 0 Å². The van der Waals surface area contributed by atoms with Crippen LogP contribution in [0.25, 0.3) is 0 Å². The minimum Gasteiger partial charge on any atom is -0.480 e. The molecule has 0 rings (SSSR count). The van der Waals surface area contributed by atoms with E-state index in [-0.39, 0.29) is 25.5 Å². The predicted octanol–water partition coefficient (Wildman–Crippen LogP) is -1.93. The van der Waals surface area contributed by atoms with E-state index in [4.69, 9.17) is 10.2 Å². The first-order valence-electron chi connectivity index (χ1n) is 4.34. The molecule has 0 unspecified atom stereocenters. The highest BCUT2D eigenvalue weighted by atomic mass is 16.4. The van der Waals surface area contributed by atoms with Gasteiger partial charge >= 0.3 is 5.97 Å². The van der Waals surface area contributed by atoms with E-state index in [1.165, 1.54) is 6.92 Å². The Hall–Kier alpha value is -1.63. The molecule has 0 aliphatic carbocycles. The molecule has 86 valence electrons. The van der Waals surface area contributed by atoms with Gasteiger partial charge in [-0.25, -0.2) is 4.79 Å². The average Bonchev–Trinajstić information content (AvgIpc) is 2.14. The lowest BCUT2D eigenvalue weighted by Crippen LogP contribution is -2.45. The van der Waals surface area contributed by atoms with Crippen LogP contribution in [0.1, 0.15) is 13.3 Å². The number of hydrogen-bond acceptors (Lipinski definition) is 4. The van der Waals surface area contributed by atoms with Gasteiger partial charge in [-0.3, -0.25) is 9.59 Å². The van der Waals surface area contributed by atoms with Crippen molar-refractivity contribution in [2.45, 2.75) is 19.4 Å². The highest BCUT2D eigenvalue weighted by Gasteiger charge is 2.18. The Kier molecular flexibility index (Phi) is 6.03. The van der Waals surface area contributed by atoms with Crippen LogP contribution in [0.2, 0.25) is 0 Å². The summed E-state index contributed by atoms with van der Waals surface area (Å²) in [6, 6.07) is -1.13. The zero-order valence-electron chi connectivity index (χ0n) is 8.32. The molecular formula is C8H14N2O5. The fourth-order valence-corrected chi connectivity index (χ4v) is 0.837. The summed E-state index contributed by atoms with van der Waals surface area (Å²) in [5, 5.41) is 21.5. The van der Waals surface area contributed by atoms with Gasteiger partial charge in [0.15, 0.2) is 0 Å². The molecule has 0 aromatic carbocycles. The van der Waals surface area contributed by atoms with Crippen molar-refractivity contribution in [3.05, 3.63) is 0 Å². The second kappa shape index (κ2) is 6.77. The summed E-state index contributed by atoms with van der Waals surface area (Å²) < 4.78 is 0. The average molecular weight is 218 g/mol. The molecule has 0 saturated carbocycles. The van der Waals surface area contributed by atoms with Gasteiger partial charge in [-0.2, -0.15) is 0 Å². The van der Waals surface area contributed by atoms with E-state index in [1.54, 1.807) is 0 Å². The molecule has 15 heavy (non-hydrogen) atoms. The summed E-state index contributed by atoms with van der Waals surface area (Å²) >= 11 is 0. The number of hydrogen-bond donors (Lipinski definition) is 4. The Labute approximate surface area is 86.5 Å². The Balaban J connectivity index is 3.99. The van der Waals surface area contributed by atoms with Gasteiger partial charge in [0.1, 0.15) is 6.04 Å². The largest absolute Gasteiger partial charge is 0.480 e. The number of amides is 2. The van der Waals surface area contributed by atoms with Crippen molar-refractivity contribution in [2.75, 3.05) is 13.2 Å². The van der Waals surface area contributed by atoms with E-state index in [2.05, 4.69) is 10.6 Å². The molecule has 0 aliphatic rings. The number of carbonyl (C=O) groups excluding carboxylic acids is 2. The second-order valence-electron chi connectivity index (χ2n) is 2.88. The smallest absolute Gasteiger partial charge is 0.326 e. The van der Waals surface area contributed by atoms with Crippen LogP contribution in [-0.2, 0) is 14.4 Å². The maximum atomic E-state index is 11.1. The second-order valence-corrected chi connectivity index (χ2v) is 2.88. The number of rotatable bonds is 6. The Morgan fingerprint density at radius 1 is 1.33 bits per heavy atom. The van der Waals surface area contributed by atoms with Crippen molar-refractivity contribution < 1.29 is 24.6 Å². The summed E-state index contributed by atoms with van der Waals surface area (Å²) in [5.74, 6) is -2.20. The van der Waals surface area contributed by atoms with Crippen molar-refractivity contribution in [2.24, 2.45) is 0 Å². The zero-order valence-corrected chi connectivity index (χ0v) is 8.32. The fraction of sp³-hybridized carbons (Fsp3) is 0.625. The van der Waals surface area contributed by atoms with Gasteiger partial charge in [0, 0.05) is 20.0 Å². The first kappa shape index (κ1) is 13.4. The molecule has 0 fully saturated rings. The topological polar surface area (TPSA) is 116 Å². The molecule has 7 heteroatoms. The Bertz CT molecular complexity index is 253. The minimum atomic E-state index is -1.22. The fourth-order valence-electron chi connectivity index (χ4n) is 0.837. The lowest BCUT2D eigenvalue weighted by atomic mass is 10.2. The van der Waals surface area contributed by atoms with Crippen molar-refractivity contribution >= 4 is 17.8 Å². The number of aliphatic carboxylic acids is 1. The van der Waals surface area contributed by atoms with Crippen LogP contribution in [0, 0.1) is 0 Å². The third-order valence-corrected chi connectivity index (χ3v) is 1.55. The lowest BCUT2D eigenvalue weighted by Gasteiger charge is -2.12. The number of carboxylic acids is 1. The third kappa shape index (κ3) is 6.44. The number of carboxylic acid groups (broad SMARTS) is 1. The van der Waals surface area contributed by atoms with Gasteiger partial charge in [-0.15, -0.1) is 0 Å². The van der Waals surface area contributed by atoms with Crippen LogP contribution < -0.4 is 10.6 Å². The number of nitrogens with one attached hydrogen (secondary N) is 2. The normalized spacial score (nSPS) is 11.6. The first-order chi connectivity index (χ1) is 6.97. The summed E-state index contributed by atoms with van der Waals surface area (Å²) in [5.41, 5.74) is 0. The van der Waals surface area contributed by atoms with E-state index in [9.17, 15) is 14.4 Å². The molecule has 0 aromatic rings. The molecule has 0 radical (unpaired) electrons. The minimum absolute atomic E-state index is 0.0683. The van der Waals surface area contributed by atoms with Gasteiger partial charge in [0.2, 0.25) is 11.8 Å². The van der Waals surface area contributed by atoms with Crippen LogP contribution >= 0.6 is 0 Å². The molecule has 7 nitrogen and oxygen atoms in total. The van der Waals surface area contributed by atoms with Crippen molar-refractivity contribution in [1.82, 2.24) is 10.6 Å². The standard InChI is InChI=1S/C8H14N2O5/c1-5(12)9-4-7(13)10-6(2-3-11)8(14)15/h6,11H,2-4H2,1H3,(H,9,12)(H,10,13)(H,14,15)/t6-/m0/s1. The molecule has 0 saturated heterocycles. The van der Waals surface area contributed by atoms with E-state index in [1.807, 2.05) is 0 Å². The predicted molar refractivity (Wildman–Crippen MR) is 50.0 cm³/mol. The van der Waals surface area contributed by atoms with Gasteiger partial charge in [0.25, 0.3) is 0 Å². The summed E-state index contributed by atoms with van der Waals surface area (Å²) in [4.78, 5) is 32.1. The maximum Gasteiger partial charge on any atom is 0.326 e. The maximum absolute atomic E-state index is 11.1. The van der Waals surface area contributed by atoms with Crippen molar-refractivity contribution in [3.63, 3.8) is 0 Å². The zero-order chi connectivity index (χ0) is 11.8. The molecule has 0 aromatic heterocycles. The number of carbonyl (C=O) groups is 3. The van der Waals surface area contributed by atoms with Crippen LogP contribution in [0.3, 0.4) is 0 Å². The van der Waals surface area contributed by atoms with Crippen molar-refractivity contribution in [3.8, 4) is 0 Å². The van der Waals surface area contributed by atoms with Crippen LogP contribution in [0.4, 0.5) is 0 Å². The monoisotopic (exact) mass is 218 g/mol. The van der Waals surface area contributed by atoms with Gasteiger partial charge in [-0.05, 0) is 0 Å². The van der Waals surface area contributed by atoms with E-state index in [0.717, 1.165) is 0 Å². The van der Waals surface area contributed by atoms with Crippen LogP contribution in [0.5, 0.6) is 0 Å². The number of aliphatic hydroxyl groups excluding tert-OH is 1. The van der Waals surface area contributed by atoms with Crippen LogP contribution in [0.15, 0.2) is 0 Å². The summed E-state index contributed by atoms with van der Waals surface area (Å²) in [6.45, 7) is 0.637. The summed E-state index contributed by atoms with van der Waals surface area (Å²) in [7, 11) is 0. The first-order valence-corrected chi connectivity index (χ1v) is 4.34. The molecular weight excluding hydrogens is 204 g/mol. The molecule has 4 N–H and O–H groups in total. The molecule has 0 aliphatic heterocycles. The Morgan fingerprint density at radius 3 is 2.33 bits per heavy atom. The Morgan fingerprint density at radius 2 is 1.93 bits per heavy atom. The van der Waals surface area contributed by atoms with Gasteiger partial charge in [0.05, 0.1) is 6.54 Å². The molecule has 0 spiro atoms. The van der Waals surface area contributed by atoms with E-state index >= 15 is 0 Å². The molecule has 0 heterocycles. The molecule has 0 bridgehead atoms. The SMILES string of the molecule is CC(=O)NCC(=O)N[C@@H](CCO)C(=O)O. The lowest BCUT2D eigenvalue weighted by molar-refractivity contribution is -0.142. The third-order valence-electron chi connectivity index (χ3n) is 1.55.